The summed E-state index contributed by atoms with van der Waals surface area (Å²) in [4.78, 5) is 23.1. The first-order valence-corrected chi connectivity index (χ1v) is 8.41. The minimum atomic E-state index is -2.58. The molecule has 1 atom stereocenters. The molecule has 1 aromatic heterocycles. The molecule has 1 aliphatic carbocycles. The van der Waals surface area contributed by atoms with E-state index in [1.807, 2.05) is 17.9 Å². The van der Waals surface area contributed by atoms with Crippen molar-refractivity contribution >= 4 is 5.91 Å². The third-order valence-electron chi connectivity index (χ3n) is 5.02. The molecule has 1 aliphatic heterocycles. The van der Waals surface area contributed by atoms with E-state index in [1.165, 1.54) is 0 Å². The van der Waals surface area contributed by atoms with Crippen LogP contribution in [-0.2, 0) is 4.79 Å². The quantitative estimate of drug-likeness (QED) is 0.839. The van der Waals surface area contributed by atoms with Crippen molar-refractivity contribution in [1.29, 1.82) is 0 Å². The summed E-state index contributed by atoms with van der Waals surface area (Å²) in [6.45, 7) is 3.23. The van der Waals surface area contributed by atoms with Crippen molar-refractivity contribution in [1.82, 2.24) is 14.9 Å². The van der Waals surface area contributed by atoms with Crippen molar-refractivity contribution in [2.75, 3.05) is 13.1 Å². The van der Waals surface area contributed by atoms with Crippen LogP contribution in [0, 0.1) is 12.8 Å². The van der Waals surface area contributed by atoms with Gasteiger partial charge in [0.2, 0.25) is 11.8 Å². The normalized spacial score (nSPS) is 25.3. The minimum Gasteiger partial charge on any atom is -0.342 e. The lowest BCUT2D eigenvalue weighted by Crippen LogP contribution is -2.44. The van der Waals surface area contributed by atoms with Gasteiger partial charge in [0.25, 0.3) is 0 Å². The van der Waals surface area contributed by atoms with Crippen LogP contribution in [0.15, 0.2) is 12.3 Å². The van der Waals surface area contributed by atoms with Crippen LogP contribution in [0.25, 0.3) is 0 Å². The zero-order valence-corrected chi connectivity index (χ0v) is 13.5. The number of rotatable bonds is 2. The molecule has 2 aliphatic rings. The molecule has 0 N–H and O–H groups in total. The molecular formula is C17H23F2N3O. The fourth-order valence-electron chi connectivity index (χ4n) is 3.67. The van der Waals surface area contributed by atoms with Gasteiger partial charge in [-0.05, 0) is 38.7 Å². The maximum atomic E-state index is 13.3. The zero-order chi connectivity index (χ0) is 16.4. The van der Waals surface area contributed by atoms with Crippen molar-refractivity contribution in [2.24, 2.45) is 5.92 Å². The molecule has 6 heteroatoms. The summed E-state index contributed by atoms with van der Waals surface area (Å²) in [5.74, 6) is -1.81. The van der Waals surface area contributed by atoms with Crippen LogP contribution in [0.4, 0.5) is 8.78 Å². The first kappa shape index (κ1) is 16.3. The van der Waals surface area contributed by atoms with E-state index in [4.69, 9.17) is 0 Å². The minimum absolute atomic E-state index is 0.0518. The van der Waals surface area contributed by atoms with Crippen molar-refractivity contribution in [3.8, 4) is 0 Å². The second kappa shape index (κ2) is 6.49. The van der Waals surface area contributed by atoms with Crippen LogP contribution in [0.5, 0.6) is 0 Å². The van der Waals surface area contributed by atoms with Gasteiger partial charge < -0.3 is 4.90 Å². The van der Waals surface area contributed by atoms with Crippen LogP contribution in [0.2, 0.25) is 0 Å². The largest absolute Gasteiger partial charge is 0.342 e. The number of piperidine rings is 1. The Morgan fingerprint density at radius 2 is 2.04 bits per heavy atom. The number of carbonyl (C=O) groups excluding carboxylic acids is 1. The molecule has 23 heavy (non-hydrogen) atoms. The Labute approximate surface area is 135 Å². The molecular weight excluding hydrogens is 300 g/mol. The number of amides is 1. The fourth-order valence-corrected chi connectivity index (χ4v) is 3.67. The lowest BCUT2D eigenvalue weighted by atomic mass is 9.85. The standard InChI is InChI=1S/C17H23F2N3O/c1-12-20-9-6-15(21-12)14-3-2-10-22(11-14)16(23)13-4-7-17(18,19)8-5-13/h6,9,13-14H,2-5,7-8,10-11H2,1H3. The first-order valence-electron chi connectivity index (χ1n) is 8.41. The fraction of sp³-hybridized carbons (Fsp3) is 0.706. The Balaban J connectivity index is 1.63. The molecule has 4 nitrogen and oxygen atoms in total. The molecule has 3 rings (SSSR count). The summed E-state index contributed by atoms with van der Waals surface area (Å²) in [5, 5.41) is 0. The molecule has 1 amide bonds. The summed E-state index contributed by atoms with van der Waals surface area (Å²) in [5.41, 5.74) is 0.977. The topological polar surface area (TPSA) is 46.1 Å². The number of aryl methyl sites for hydroxylation is 1. The van der Waals surface area contributed by atoms with Crippen LogP contribution >= 0.6 is 0 Å². The smallest absolute Gasteiger partial charge is 0.248 e. The number of carbonyl (C=O) groups is 1. The number of halogens is 2. The van der Waals surface area contributed by atoms with E-state index in [-0.39, 0.29) is 30.6 Å². The zero-order valence-electron chi connectivity index (χ0n) is 13.5. The van der Waals surface area contributed by atoms with Crippen LogP contribution in [-0.4, -0.2) is 39.8 Å². The van der Waals surface area contributed by atoms with Gasteiger partial charge in [-0.3, -0.25) is 4.79 Å². The van der Waals surface area contributed by atoms with Crippen molar-refractivity contribution in [2.45, 2.75) is 57.3 Å². The Morgan fingerprint density at radius 1 is 1.30 bits per heavy atom. The molecule has 0 bridgehead atoms. The van der Waals surface area contributed by atoms with Crippen LogP contribution in [0.3, 0.4) is 0 Å². The van der Waals surface area contributed by atoms with Crippen LogP contribution in [0.1, 0.15) is 56.0 Å². The Hall–Kier alpha value is -1.59. The van der Waals surface area contributed by atoms with Gasteiger partial charge in [-0.1, -0.05) is 0 Å². The number of hydrogen-bond acceptors (Lipinski definition) is 3. The highest BCUT2D eigenvalue weighted by Crippen LogP contribution is 2.37. The van der Waals surface area contributed by atoms with E-state index in [1.54, 1.807) is 6.20 Å². The number of alkyl halides is 2. The predicted octanol–water partition coefficient (Wildman–Crippen LogP) is 3.32. The molecule has 126 valence electrons. The molecule has 0 aromatic carbocycles. The lowest BCUT2D eigenvalue weighted by Gasteiger charge is -2.36. The number of likely N-dealkylation sites (tertiary alicyclic amines) is 1. The molecule has 1 aromatic rings. The van der Waals surface area contributed by atoms with Crippen LogP contribution < -0.4 is 0 Å². The van der Waals surface area contributed by atoms with E-state index >= 15 is 0 Å². The second-order valence-electron chi connectivity index (χ2n) is 6.78. The van der Waals surface area contributed by atoms with Crippen molar-refractivity contribution < 1.29 is 13.6 Å². The average molecular weight is 323 g/mol. The van der Waals surface area contributed by atoms with E-state index in [0.717, 1.165) is 30.9 Å². The van der Waals surface area contributed by atoms with Gasteiger partial charge >= 0.3 is 0 Å². The molecule has 1 saturated carbocycles. The van der Waals surface area contributed by atoms with Crippen molar-refractivity contribution in [3.63, 3.8) is 0 Å². The third kappa shape index (κ3) is 3.85. The SMILES string of the molecule is Cc1nccc(C2CCCN(C(=O)C3CCC(F)(F)CC3)C2)n1. The highest BCUT2D eigenvalue weighted by molar-refractivity contribution is 5.79. The summed E-state index contributed by atoms with van der Waals surface area (Å²) in [6, 6.07) is 1.91. The highest BCUT2D eigenvalue weighted by atomic mass is 19.3. The molecule has 2 fully saturated rings. The van der Waals surface area contributed by atoms with Crippen molar-refractivity contribution in [3.05, 3.63) is 23.8 Å². The van der Waals surface area contributed by atoms with Gasteiger partial charge in [-0.2, -0.15) is 0 Å². The Bertz CT molecular complexity index is 569. The molecule has 0 spiro atoms. The summed E-state index contributed by atoms with van der Waals surface area (Å²) < 4.78 is 26.5. The van der Waals surface area contributed by atoms with Gasteiger partial charge in [0.1, 0.15) is 5.82 Å². The van der Waals surface area contributed by atoms with Gasteiger partial charge in [0.05, 0.1) is 0 Å². The van der Waals surface area contributed by atoms with Gasteiger partial charge in [-0.25, -0.2) is 18.7 Å². The molecule has 2 heterocycles. The molecule has 1 unspecified atom stereocenters. The number of hydrogen-bond donors (Lipinski definition) is 0. The maximum absolute atomic E-state index is 13.3. The van der Waals surface area contributed by atoms with Gasteiger partial charge in [-0.15, -0.1) is 0 Å². The van der Waals surface area contributed by atoms with E-state index in [2.05, 4.69) is 9.97 Å². The van der Waals surface area contributed by atoms with E-state index < -0.39 is 5.92 Å². The number of nitrogens with zero attached hydrogens (tertiary/aromatic N) is 3. The third-order valence-corrected chi connectivity index (χ3v) is 5.02. The van der Waals surface area contributed by atoms with E-state index in [9.17, 15) is 13.6 Å². The Morgan fingerprint density at radius 3 is 2.74 bits per heavy atom. The van der Waals surface area contributed by atoms with E-state index in [0.29, 0.717) is 19.4 Å². The second-order valence-corrected chi connectivity index (χ2v) is 6.78. The lowest BCUT2D eigenvalue weighted by molar-refractivity contribution is -0.140. The summed E-state index contributed by atoms with van der Waals surface area (Å²) in [6.07, 6.45) is 3.98. The highest BCUT2D eigenvalue weighted by Gasteiger charge is 2.39. The number of aromatic nitrogens is 2. The molecule has 1 saturated heterocycles. The predicted molar refractivity (Wildman–Crippen MR) is 82.2 cm³/mol. The first-order chi connectivity index (χ1) is 10.9. The maximum Gasteiger partial charge on any atom is 0.248 e. The summed E-state index contributed by atoms with van der Waals surface area (Å²) in [7, 11) is 0. The Kier molecular flexibility index (Phi) is 4.60. The monoisotopic (exact) mass is 323 g/mol. The van der Waals surface area contributed by atoms with Gasteiger partial charge in [0, 0.05) is 49.7 Å². The molecule has 0 radical (unpaired) electrons. The van der Waals surface area contributed by atoms with Gasteiger partial charge in [0.15, 0.2) is 0 Å². The average Bonchev–Trinajstić information content (AvgIpc) is 2.54. The summed E-state index contributed by atoms with van der Waals surface area (Å²) >= 11 is 0.